The first-order chi connectivity index (χ1) is 11.1. The first kappa shape index (κ1) is 15.0. The summed E-state index contributed by atoms with van der Waals surface area (Å²) in [4.78, 5) is 34.4. The van der Waals surface area contributed by atoms with E-state index in [4.69, 9.17) is 10.6 Å². The number of primary amides is 1. The van der Waals surface area contributed by atoms with Crippen molar-refractivity contribution in [2.75, 3.05) is 13.6 Å². The summed E-state index contributed by atoms with van der Waals surface area (Å²) in [7, 11) is 1.66. The number of benzene rings is 1. The Kier molecular flexibility index (Phi) is 3.92. The van der Waals surface area contributed by atoms with Gasteiger partial charge in [-0.3, -0.25) is 14.6 Å². The van der Waals surface area contributed by atoms with Crippen molar-refractivity contribution in [2.45, 2.75) is 12.5 Å². The monoisotopic (exact) mass is 312 g/mol. The zero-order valence-corrected chi connectivity index (χ0v) is 12.6. The molecule has 1 aromatic carbocycles. The van der Waals surface area contributed by atoms with Crippen LogP contribution >= 0.6 is 0 Å². The molecule has 0 fully saturated rings. The van der Waals surface area contributed by atoms with Gasteiger partial charge in [-0.05, 0) is 11.5 Å². The number of fused-ring (bicyclic) bond motifs is 1. The number of carbonyl (C=O) groups excluding carboxylic acids is 2. The van der Waals surface area contributed by atoms with Crippen LogP contribution in [-0.4, -0.2) is 47.1 Å². The zero-order valence-electron chi connectivity index (χ0n) is 12.6. The van der Waals surface area contributed by atoms with Crippen LogP contribution in [0.1, 0.15) is 16.9 Å². The van der Waals surface area contributed by atoms with E-state index in [0.29, 0.717) is 17.8 Å². The first-order valence-electron chi connectivity index (χ1n) is 7.16. The third kappa shape index (κ3) is 2.98. The van der Waals surface area contributed by atoms with Crippen molar-refractivity contribution < 1.29 is 14.4 Å². The zero-order chi connectivity index (χ0) is 16.4. The molecule has 23 heavy (non-hydrogen) atoms. The fourth-order valence-electron chi connectivity index (χ4n) is 2.49. The van der Waals surface area contributed by atoms with Gasteiger partial charge in [0.05, 0.1) is 12.3 Å². The van der Waals surface area contributed by atoms with Crippen LogP contribution in [0.25, 0.3) is 10.8 Å². The van der Waals surface area contributed by atoms with Crippen molar-refractivity contribution in [3.63, 3.8) is 0 Å². The van der Waals surface area contributed by atoms with Gasteiger partial charge in [-0.1, -0.05) is 29.4 Å². The van der Waals surface area contributed by atoms with Gasteiger partial charge in [0.1, 0.15) is 5.69 Å². The molecule has 1 aromatic heterocycles. The van der Waals surface area contributed by atoms with Crippen LogP contribution in [0.5, 0.6) is 0 Å². The topological polar surface area (TPSA) is 97.9 Å². The average Bonchev–Trinajstić information content (AvgIpc) is 3.02. The summed E-state index contributed by atoms with van der Waals surface area (Å²) in [6.45, 7) is 0.257. The third-order valence-electron chi connectivity index (χ3n) is 3.69. The molecular weight excluding hydrogens is 296 g/mol. The minimum atomic E-state index is -0.746. The lowest BCUT2D eigenvalue weighted by Crippen LogP contribution is -2.34. The van der Waals surface area contributed by atoms with Crippen LogP contribution in [0, 0.1) is 0 Å². The quantitative estimate of drug-likeness (QED) is 0.908. The number of amides is 2. The fraction of sp³-hybridized carbons (Fsp3) is 0.250. The number of pyridine rings is 1. The Balaban J connectivity index is 1.76. The molecule has 0 saturated heterocycles. The highest BCUT2D eigenvalue weighted by Gasteiger charge is 2.28. The van der Waals surface area contributed by atoms with Gasteiger partial charge in [0.25, 0.3) is 11.8 Å². The molecule has 7 heteroatoms. The Morgan fingerprint density at radius 3 is 2.87 bits per heavy atom. The lowest BCUT2D eigenvalue weighted by atomic mass is 10.1. The van der Waals surface area contributed by atoms with Gasteiger partial charge >= 0.3 is 0 Å². The molecule has 1 atom stereocenters. The van der Waals surface area contributed by atoms with E-state index in [9.17, 15) is 9.59 Å². The Bertz CT molecular complexity index is 798. The summed E-state index contributed by atoms with van der Waals surface area (Å²) < 4.78 is 0. The maximum atomic E-state index is 12.6. The van der Waals surface area contributed by atoms with E-state index in [2.05, 4.69) is 10.1 Å². The summed E-state index contributed by atoms with van der Waals surface area (Å²) >= 11 is 0. The molecule has 0 aliphatic carbocycles. The Morgan fingerprint density at radius 1 is 1.35 bits per heavy atom. The number of carbonyl (C=O) groups is 2. The van der Waals surface area contributed by atoms with E-state index >= 15 is 0 Å². The van der Waals surface area contributed by atoms with Gasteiger partial charge < -0.3 is 15.5 Å². The molecular formula is C16H16N4O3. The Hall–Kier alpha value is -2.96. The standard InChI is InChI=1S/C16H16N4O3/c1-20(9-11-8-13(15(17)21)23-19-11)16(22)14-12-5-3-2-4-10(12)6-7-18-14/h2-7,13H,8-9H2,1H3,(H2,17,21). The summed E-state index contributed by atoms with van der Waals surface area (Å²) in [6.07, 6.45) is 1.17. The summed E-state index contributed by atoms with van der Waals surface area (Å²) in [5.74, 6) is -0.777. The van der Waals surface area contributed by atoms with Gasteiger partial charge in [0.2, 0.25) is 6.10 Å². The van der Waals surface area contributed by atoms with E-state index in [1.54, 1.807) is 13.2 Å². The number of hydrogen-bond acceptors (Lipinski definition) is 5. The molecule has 1 aliphatic rings. The van der Waals surface area contributed by atoms with Crippen LogP contribution in [0.15, 0.2) is 41.7 Å². The normalized spacial score (nSPS) is 16.7. The van der Waals surface area contributed by atoms with Gasteiger partial charge in [0, 0.05) is 25.1 Å². The second-order valence-electron chi connectivity index (χ2n) is 5.40. The van der Waals surface area contributed by atoms with E-state index < -0.39 is 12.0 Å². The predicted octanol–water partition coefficient (Wildman–Crippen LogP) is 0.937. The second kappa shape index (κ2) is 6.04. The largest absolute Gasteiger partial charge is 0.382 e. The third-order valence-corrected chi connectivity index (χ3v) is 3.69. The Labute approximate surface area is 132 Å². The van der Waals surface area contributed by atoms with E-state index in [1.807, 2.05) is 30.3 Å². The van der Waals surface area contributed by atoms with Gasteiger partial charge in [-0.2, -0.15) is 0 Å². The SMILES string of the molecule is CN(CC1=NOC(C(N)=O)C1)C(=O)c1nccc2ccccc12. The van der Waals surface area contributed by atoms with E-state index in [1.165, 1.54) is 4.90 Å². The molecule has 0 spiro atoms. The highest BCUT2D eigenvalue weighted by atomic mass is 16.6. The van der Waals surface area contributed by atoms with Crippen LogP contribution < -0.4 is 5.73 Å². The molecule has 118 valence electrons. The number of rotatable bonds is 4. The summed E-state index contributed by atoms with van der Waals surface area (Å²) in [5, 5.41) is 5.57. The predicted molar refractivity (Wildman–Crippen MR) is 84.8 cm³/mol. The molecule has 2 heterocycles. The van der Waals surface area contributed by atoms with Crippen molar-refractivity contribution in [1.29, 1.82) is 0 Å². The molecule has 1 unspecified atom stereocenters. The van der Waals surface area contributed by atoms with E-state index in [-0.39, 0.29) is 12.5 Å². The van der Waals surface area contributed by atoms with Gasteiger partial charge in [-0.25, -0.2) is 0 Å². The molecule has 2 aromatic rings. The lowest BCUT2D eigenvalue weighted by Gasteiger charge is -2.17. The highest BCUT2D eigenvalue weighted by Crippen LogP contribution is 2.18. The molecule has 2 N–H and O–H groups in total. The fourth-order valence-corrected chi connectivity index (χ4v) is 2.49. The van der Waals surface area contributed by atoms with Crippen LogP contribution in [0.4, 0.5) is 0 Å². The van der Waals surface area contributed by atoms with Crippen molar-refractivity contribution in [2.24, 2.45) is 10.9 Å². The number of oxime groups is 1. The van der Waals surface area contributed by atoms with Crippen molar-refractivity contribution in [3.05, 3.63) is 42.2 Å². The lowest BCUT2D eigenvalue weighted by molar-refractivity contribution is -0.127. The minimum absolute atomic E-state index is 0.216. The molecule has 7 nitrogen and oxygen atoms in total. The molecule has 0 saturated carbocycles. The van der Waals surface area contributed by atoms with Gasteiger partial charge in [0.15, 0.2) is 0 Å². The maximum Gasteiger partial charge on any atom is 0.273 e. The summed E-state index contributed by atoms with van der Waals surface area (Å²) in [5.41, 5.74) is 6.16. The van der Waals surface area contributed by atoms with Crippen molar-refractivity contribution >= 4 is 28.3 Å². The van der Waals surface area contributed by atoms with Crippen LogP contribution in [-0.2, 0) is 9.63 Å². The number of nitrogens with zero attached hydrogens (tertiary/aromatic N) is 3. The minimum Gasteiger partial charge on any atom is -0.382 e. The maximum absolute atomic E-state index is 12.6. The van der Waals surface area contributed by atoms with Crippen molar-refractivity contribution in [1.82, 2.24) is 9.88 Å². The van der Waals surface area contributed by atoms with Gasteiger partial charge in [-0.15, -0.1) is 0 Å². The number of hydrogen-bond donors (Lipinski definition) is 1. The smallest absolute Gasteiger partial charge is 0.273 e. The summed E-state index contributed by atoms with van der Waals surface area (Å²) in [6, 6.07) is 9.43. The molecule has 1 aliphatic heterocycles. The number of aromatic nitrogens is 1. The first-order valence-corrected chi connectivity index (χ1v) is 7.16. The Morgan fingerprint density at radius 2 is 2.13 bits per heavy atom. The average molecular weight is 312 g/mol. The highest BCUT2D eigenvalue weighted by molar-refractivity contribution is 6.06. The van der Waals surface area contributed by atoms with Crippen molar-refractivity contribution in [3.8, 4) is 0 Å². The molecule has 0 radical (unpaired) electrons. The van der Waals surface area contributed by atoms with Crippen LogP contribution in [0.2, 0.25) is 0 Å². The van der Waals surface area contributed by atoms with Crippen LogP contribution in [0.3, 0.4) is 0 Å². The molecule has 2 amide bonds. The second-order valence-corrected chi connectivity index (χ2v) is 5.40. The number of nitrogens with two attached hydrogens (primary N) is 1. The molecule has 0 bridgehead atoms. The molecule has 3 rings (SSSR count). The van der Waals surface area contributed by atoms with E-state index in [0.717, 1.165) is 10.8 Å².